The number of rotatable bonds is 1. The van der Waals surface area contributed by atoms with E-state index in [-0.39, 0.29) is 0 Å². The maximum Gasteiger partial charge on any atom is 0.0808 e. The van der Waals surface area contributed by atoms with Crippen LogP contribution < -0.4 is 11.1 Å². The van der Waals surface area contributed by atoms with Crippen LogP contribution in [0, 0.1) is 0 Å². The molecule has 0 bridgehead atoms. The van der Waals surface area contributed by atoms with E-state index in [0.29, 0.717) is 6.54 Å². The van der Waals surface area contributed by atoms with Gasteiger partial charge >= 0.3 is 0 Å². The quantitative estimate of drug-likeness (QED) is 0.569. The van der Waals surface area contributed by atoms with Crippen molar-refractivity contribution < 1.29 is 0 Å². The van der Waals surface area contributed by atoms with Gasteiger partial charge in [0.15, 0.2) is 0 Å². The standard InChI is InChI=1S/C7H12N4/c1-11-7-4-9-3-5(7)6(2-8)10-11/h9H,2-4,8H2,1H3. The monoisotopic (exact) mass is 152 g/mol. The fourth-order valence-electron chi connectivity index (χ4n) is 1.56. The summed E-state index contributed by atoms with van der Waals surface area (Å²) < 4.78 is 1.91. The van der Waals surface area contributed by atoms with Gasteiger partial charge in [0.2, 0.25) is 0 Å². The van der Waals surface area contributed by atoms with Crippen LogP contribution in [-0.4, -0.2) is 9.78 Å². The third kappa shape index (κ3) is 0.868. The first-order valence-electron chi connectivity index (χ1n) is 3.77. The van der Waals surface area contributed by atoms with Crippen molar-refractivity contribution in [2.24, 2.45) is 12.8 Å². The van der Waals surface area contributed by atoms with Crippen molar-refractivity contribution in [3.05, 3.63) is 17.0 Å². The molecule has 11 heavy (non-hydrogen) atoms. The molecule has 60 valence electrons. The molecule has 4 nitrogen and oxygen atoms in total. The summed E-state index contributed by atoms with van der Waals surface area (Å²) in [7, 11) is 1.96. The molecule has 0 fully saturated rings. The molecule has 1 aromatic rings. The molecule has 2 heterocycles. The first kappa shape index (κ1) is 6.82. The number of aryl methyl sites for hydroxylation is 1. The summed E-state index contributed by atoms with van der Waals surface area (Å²) in [5, 5.41) is 7.57. The summed E-state index contributed by atoms with van der Waals surface area (Å²) in [5.41, 5.74) is 9.15. The van der Waals surface area contributed by atoms with E-state index >= 15 is 0 Å². The Kier molecular flexibility index (Phi) is 1.44. The van der Waals surface area contributed by atoms with Gasteiger partial charge in [0, 0.05) is 32.2 Å². The zero-order valence-corrected chi connectivity index (χ0v) is 6.59. The van der Waals surface area contributed by atoms with Crippen LogP contribution in [0.2, 0.25) is 0 Å². The van der Waals surface area contributed by atoms with E-state index in [9.17, 15) is 0 Å². The molecule has 0 atom stereocenters. The van der Waals surface area contributed by atoms with Gasteiger partial charge in [-0.25, -0.2) is 0 Å². The van der Waals surface area contributed by atoms with Gasteiger partial charge in [0.25, 0.3) is 0 Å². The van der Waals surface area contributed by atoms with Gasteiger partial charge in [-0.05, 0) is 0 Å². The Balaban J connectivity index is 2.52. The maximum atomic E-state index is 5.53. The minimum Gasteiger partial charge on any atom is -0.325 e. The van der Waals surface area contributed by atoms with Crippen LogP contribution in [0.15, 0.2) is 0 Å². The van der Waals surface area contributed by atoms with E-state index in [1.54, 1.807) is 0 Å². The second-order valence-electron chi connectivity index (χ2n) is 2.80. The van der Waals surface area contributed by atoms with Gasteiger partial charge in [-0.3, -0.25) is 4.68 Å². The number of nitrogens with one attached hydrogen (secondary N) is 1. The molecule has 0 aliphatic carbocycles. The highest BCUT2D eigenvalue weighted by Gasteiger charge is 2.18. The molecule has 4 heteroatoms. The van der Waals surface area contributed by atoms with Crippen molar-refractivity contribution in [3.63, 3.8) is 0 Å². The summed E-state index contributed by atoms with van der Waals surface area (Å²) in [6.07, 6.45) is 0. The normalized spacial score (nSPS) is 15.5. The van der Waals surface area contributed by atoms with E-state index in [2.05, 4.69) is 10.4 Å². The third-order valence-corrected chi connectivity index (χ3v) is 2.15. The number of aromatic nitrogens is 2. The fourth-order valence-corrected chi connectivity index (χ4v) is 1.56. The lowest BCUT2D eigenvalue weighted by Crippen LogP contribution is -2.08. The van der Waals surface area contributed by atoms with E-state index in [0.717, 1.165) is 18.8 Å². The molecular formula is C7H12N4. The lowest BCUT2D eigenvalue weighted by atomic mass is 10.2. The van der Waals surface area contributed by atoms with Crippen LogP contribution in [0.25, 0.3) is 0 Å². The highest BCUT2D eigenvalue weighted by atomic mass is 15.3. The number of hydrogen-bond donors (Lipinski definition) is 2. The van der Waals surface area contributed by atoms with E-state index in [1.807, 2.05) is 11.7 Å². The Morgan fingerprint density at radius 1 is 1.64 bits per heavy atom. The molecule has 2 rings (SSSR count). The highest BCUT2D eigenvalue weighted by molar-refractivity contribution is 5.29. The molecule has 1 aromatic heterocycles. The van der Waals surface area contributed by atoms with Gasteiger partial charge in [-0.15, -0.1) is 0 Å². The molecule has 0 aromatic carbocycles. The number of fused-ring (bicyclic) bond motifs is 1. The van der Waals surface area contributed by atoms with Crippen LogP contribution in [0.1, 0.15) is 17.0 Å². The van der Waals surface area contributed by atoms with Gasteiger partial charge in [-0.2, -0.15) is 5.10 Å². The van der Waals surface area contributed by atoms with Gasteiger partial charge in [0.05, 0.1) is 11.4 Å². The first-order valence-corrected chi connectivity index (χ1v) is 3.77. The van der Waals surface area contributed by atoms with Crippen molar-refractivity contribution in [2.45, 2.75) is 19.6 Å². The SMILES string of the molecule is Cn1nc(CN)c2c1CNC2. The first-order chi connectivity index (χ1) is 5.33. The Bertz CT molecular complexity index is 276. The van der Waals surface area contributed by atoms with Crippen LogP contribution in [0.4, 0.5) is 0 Å². The molecule has 3 N–H and O–H groups in total. The van der Waals surface area contributed by atoms with Crippen molar-refractivity contribution in [2.75, 3.05) is 0 Å². The summed E-state index contributed by atoms with van der Waals surface area (Å²) in [4.78, 5) is 0. The lowest BCUT2D eigenvalue weighted by molar-refractivity contribution is 0.655. The average Bonchev–Trinajstić information content (AvgIpc) is 2.54. The van der Waals surface area contributed by atoms with Gasteiger partial charge in [0.1, 0.15) is 0 Å². The third-order valence-electron chi connectivity index (χ3n) is 2.15. The summed E-state index contributed by atoms with van der Waals surface area (Å²) in [6.45, 7) is 2.40. The van der Waals surface area contributed by atoms with Gasteiger partial charge < -0.3 is 11.1 Å². The van der Waals surface area contributed by atoms with Gasteiger partial charge in [-0.1, -0.05) is 0 Å². The Labute approximate surface area is 65.4 Å². The van der Waals surface area contributed by atoms with Crippen LogP contribution in [0.5, 0.6) is 0 Å². The lowest BCUT2D eigenvalue weighted by Gasteiger charge is -1.94. The molecule has 1 aliphatic rings. The molecule has 1 aliphatic heterocycles. The zero-order valence-electron chi connectivity index (χ0n) is 6.59. The predicted molar refractivity (Wildman–Crippen MR) is 41.6 cm³/mol. The van der Waals surface area contributed by atoms with Crippen molar-refractivity contribution in [1.29, 1.82) is 0 Å². The summed E-state index contributed by atoms with van der Waals surface area (Å²) in [6, 6.07) is 0. The predicted octanol–water partition coefficient (Wildman–Crippen LogP) is -0.518. The number of nitrogens with zero attached hydrogens (tertiary/aromatic N) is 2. The molecule has 0 amide bonds. The summed E-state index contributed by atoms with van der Waals surface area (Å²) >= 11 is 0. The molecular weight excluding hydrogens is 140 g/mol. The van der Waals surface area contributed by atoms with Crippen molar-refractivity contribution >= 4 is 0 Å². The van der Waals surface area contributed by atoms with Crippen LogP contribution in [0.3, 0.4) is 0 Å². The highest BCUT2D eigenvalue weighted by Crippen LogP contribution is 2.17. The number of hydrogen-bond acceptors (Lipinski definition) is 3. The van der Waals surface area contributed by atoms with E-state index in [1.165, 1.54) is 11.3 Å². The van der Waals surface area contributed by atoms with Crippen molar-refractivity contribution in [3.8, 4) is 0 Å². The Morgan fingerprint density at radius 2 is 2.45 bits per heavy atom. The fraction of sp³-hybridized carbons (Fsp3) is 0.571. The smallest absolute Gasteiger partial charge is 0.0808 e. The van der Waals surface area contributed by atoms with E-state index in [4.69, 9.17) is 5.73 Å². The Morgan fingerprint density at radius 3 is 3.18 bits per heavy atom. The molecule has 0 unspecified atom stereocenters. The molecule has 0 spiro atoms. The Hall–Kier alpha value is -0.870. The largest absolute Gasteiger partial charge is 0.325 e. The van der Waals surface area contributed by atoms with Crippen molar-refractivity contribution in [1.82, 2.24) is 15.1 Å². The molecule has 0 saturated heterocycles. The zero-order chi connectivity index (χ0) is 7.84. The second kappa shape index (κ2) is 2.32. The minimum absolute atomic E-state index is 0.546. The van der Waals surface area contributed by atoms with Crippen LogP contribution >= 0.6 is 0 Å². The van der Waals surface area contributed by atoms with Crippen LogP contribution in [-0.2, 0) is 26.7 Å². The minimum atomic E-state index is 0.546. The number of nitrogens with two attached hydrogens (primary N) is 1. The molecule has 0 radical (unpaired) electrons. The summed E-state index contributed by atoms with van der Waals surface area (Å²) in [5.74, 6) is 0. The second-order valence-corrected chi connectivity index (χ2v) is 2.80. The van der Waals surface area contributed by atoms with E-state index < -0.39 is 0 Å². The average molecular weight is 152 g/mol. The topological polar surface area (TPSA) is 55.9 Å². The molecule has 0 saturated carbocycles. The maximum absolute atomic E-state index is 5.53.